The van der Waals surface area contributed by atoms with Crippen LogP contribution in [0.4, 0.5) is 0 Å². The highest BCUT2D eigenvalue weighted by atomic mass is 16.6. The minimum Gasteiger partial charge on any atom is -0.264 e. The molecule has 9 heteroatoms. The number of nitro groups is 1. The Morgan fingerprint density at radius 1 is 1.36 bits per heavy atom. The maximum Gasteiger partial charge on any atom is 0.233 e. The first kappa shape index (κ1) is 12.0. The van der Waals surface area contributed by atoms with E-state index in [0.29, 0.717) is 0 Å². The lowest BCUT2D eigenvalue weighted by atomic mass is 9.98. The molecule has 0 aromatic rings. The molecule has 0 aliphatic carbocycles. The van der Waals surface area contributed by atoms with Crippen molar-refractivity contribution in [2.24, 2.45) is 10.2 Å². The fourth-order valence-corrected chi connectivity index (χ4v) is 0.845. The van der Waals surface area contributed by atoms with Crippen LogP contribution in [0.25, 0.3) is 20.9 Å². The van der Waals surface area contributed by atoms with Crippen molar-refractivity contribution in [3.63, 3.8) is 0 Å². The highest BCUT2D eigenvalue weighted by molar-refractivity contribution is 4.83. The van der Waals surface area contributed by atoms with Gasteiger partial charge in [0.1, 0.15) is 0 Å². The second-order valence-electron chi connectivity index (χ2n) is 2.61. The van der Waals surface area contributed by atoms with E-state index in [4.69, 9.17) is 11.1 Å². The van der Waals surface area contributed by atoms with E-state index < -0.39 is 10.5 Å². The van der Waals surface area contributed by atoms with Crippen LogP contribution in [0.2, 0.25) is 0 Å². The Morgan fingerprint density at radius 2 is 1.79 bits per heavy atom. The lowest BCUT2D eigenvalue weighted by Gasteiger charge is -2.19. The summed E-state index contributed by atoms with van der Waals surface area (Å²) >= 11 is 0. The van der Waals surface area contributed by atoms with Crippen molar-refractivity contribution in [2.45, 2.75) is 18.9 Å². The summed E-state index contributed by atoms with van der Waals surface area (Å²) in [6.45, 7) is 0.945. The van der Waals surface area contributed by atoms with Crippen molar-refractivity contribution in [2.75, 3.05) is 13.1 Å². The Balaban J connectivity index is 4.85. The number of rotatable bonds is 6. The van der Waals surface area contributed by atoms with Crippen molar-refractivity contribution >= 4 is 0 Å². The van der Waals surface area contributed by atoms with Gasteiger partial charge in [0.2, 0.25) is 5.54 Å². The molecule has 0 heterocycles. The van der Waals surface area contributed by atoms with Crippen LogP contribution in [-0.2, 0) is 0 Å². The molecule has 76 valence electrons. The second-order valence-corrected chi connectivity index (χ2v) is 2.61. The van der Waals surface area contributed by atoms with Gasteiger partial charge in [-0.25, -0.2) is 0 Å². The van der Waals surface area contributed by atoms with E-state index in [2.05, 4.69) is 20.1 Å². The number of hydrogen-bond acceptors (Lipinski definition) is 4. The van der Waals surface area contributed by atoms with Crippen LogP contribution in [0.3, 0.4) is 0 Å². The van der Waals surface area contributed by atoms with E-state index >= 15 is 0 Å². The molecule has 0 spiro atoms. The third-order valence-corrected chi connectivity index (χ3v) is 1.90. The monoisotopic (exact) mass is 199 g/mol. The van der Waals surface area contributed by atoms with E-state index in [0.717, 1.165) is 0 Å². The van der Waals surface area contributed by atoms with E-state index in [-0.39, 0.29) is 19.5 Å². The topological polar surface area (TPSA) is 141 Å². The zero-order valence-electron chi connectivity index (χ0n) is 7.57. The Morgan fingerprint density at radius 3 is 2.00 bits per heavy atom. The Bertz CT molecular complexity index is 281. The van der Waals surface area contributed by atoms with Crippen molar-refractivity contribution in [1.82, 2.24) is 0 Å². The molecule has 0 fully saturated rings. The number of hydrogen-bond donors (Lipinski definition) is 0. The summed E-state index contributed by atoms with van der Waals surface area (Å²) in [5.41, 5.74) is 14.7. The summed E-state index contributed by atoms with van der Waals surface area (Å²) in [5, 5.41) is 17.0. The summed E-state index contributed by atoms with van der Waals surface area (Å²) in [6.07, 6.45) is 0.137. The summed E-state index contributed by atoms with van der Waals surface area (Å²) in [7, 11) is 0. The predicted octanol–water partition coefficient (Wildman–Crippen LogP) is 2.03. The lowest BCUT2D eigenvalue weighted by molar-refractivity contribution is -0.564. The van der Waals surface area contributed by atoms with Gasteiger partial charge < -0.3 is 0 Å². The summed E-state index contributed by atoms with van der Waals surface area (Å²) in [5.74, 6) is 0. The molecule has 0 aliphatic rings. The summed E-state index contributed by atoms with van der Waals surface area (Å²) in [6, 6.07) is 0. The Hall–Kier alpha value is -1.98. The van der Waals surface area contributed by atoms with Gasteiger partial charge in [-0.15, -0.1) is 0 Å². The first-order valence-corrected chi connectivity index (χ1v) is 3.79. The van der Waals surface area contributed by atoms with E-state index in [1.54, 1.807) is 6.92 Å². The number of nitrogens with zero attached hydrogens (tertiary/aromatic N) is 7. The van der Waals surface area contributed by atoms with Crippen LogP contribution in [0.1, 0.15) is 13.3 Å². The normalized spacial score (nSPS) is 13.2. The SMILES string of the molecule is CCC(CN=[N+]=[N-])(CN=[N+]=[N-])[N+](=O)[O-]. The molecular weight excluding hydrogens is 190 g/mol. The Kier molecular flexibility index (Phi) is 4.83. The molecule has 0 aromatic carbocycles. The van der Waals surface area contributed by atoms with Crippen LogP contribution in [-0.4, -0.2) is 23.6 Å². The number of azide groups is 2. The molecule has 14 heavy (non-hydrogen) atoms. The quantitative estimate of drug-likeness (QED) is 0.212. The van der Waals surface area contributed by atoms with Crippen molar-refractivity contribution < 1.29 is 4.92 Å². The zero-order chi connectivity index (χ0) is 11.0. The molecule has 0 aromatic heterocycles. The fraction of sp³-hybridized carbons (Fsp3) is 1.00. The third kappa shape index (κ3) is 2.81. The first-order valence-electron chi connectivity index (χ1n) is 3.79. The van der Waals surface area contributed by atoms with Gasteiger partial charge in [0.15, 0.2) is 0 Å². The van der Waals surface area contributed by atoms with Crippen LogP contribution >= 0.6 is 0 Å². The van der Waals surface area contributed by atoms with Crippen molar-refractivity contribution in [3.05, 3.63) is 31.0 Å². The molecule has 0 radical (unpaired) electrons. The highest BCUT2D eigenvalue weighted by Gasteiger charge is 2.39. The standard InChI is InChI=1S/C5H9N7O2/c1-2-5(12(13)14,3-8-10-6)4-9-11-7/h2-4H2,1H3. The maximum absolute atomic E-state index is 10.7. The average Bonchev–Trinajstić information content (AvgIpc) is 2.18. The molecule has 0 N–H and O–H groups in total. The smallest absolute Gasteiger partial charge is 0.233 e. The third-order valence-electron chi connectivity index (χ3n) is 1.90. The molecule has 0 unspecified atom stereocenters. The van der Waals surface area contributed by atoms with Gasteiger partial charge in [0.25, 0.3) is 0 Å². The highest BCUT2D eigenvalue weighted by Crippen LogP contribution is 2.16. The van der Waals surface area contributed by atoms with E-state index in [1.807, 2.05) is 0 Å². The van der Waals surface area contributed by atoms with Gasteiger partial charge in [0.05, 0.1) is 13.1 Å². The van der Waals surface area contributed by atoms with E-state index in [1.165, 1.54) is 0 Å². The predicted molar refractivity (Wildman–Crippen MR) is 48.0 cm³/mol. The maximum atomic E-state index is 10.7. The summed E-state index contributed by atoms with van der Waals surface area (Å²) < 4.78 is 0. The molecule has 0 rings (SSSR count). The zero-order valence-corrected chi connectivity index (χ0v) is 7.57. The van der Waals surface area contributed by atoms with Gasteiger partial charge in [-0.1, -0.05) is 17.2 Å². The molecule has 0 amide bonds. The van der Waals surface area contributed by atoms with Gasteiger partial charge in [-0.3, -0.25) is 10.1 Å². The largest absolute Gasteiger partial charge is 0.264 e. The fourth-order valence-electron chi connectivity index (χ4n) is 0.845. The molecule has 0 atom stereocenters. The van der Waals surface area contributed by atoms with Crippen LogP contribution in [0, 0.1) is 10.1 Å². The van der Waals surface area contributed by atoms with Gasteiger partial charge >= 0.3 is 0 Å². The Labute approximate surface area is 79.1 Å². The summed E-state index contributed by atoms with van der Waals surface area (Å²) in [4.78, 5) is 15.0. The van der Waals surface area contributed by atoms with Gasteiger partial charge in [-0.05, 0) is 11.1 Å². The minimum absolute atomic E-state index is 0.137. The van der Waals surface area contributed by atoms with Crippen molar-refractivity contribution in [3.8, 4) is 0 Å². The van der Waals surface area contributed by atoms with Crippen LogP contribution in [0.15, 0.2) is 10.2 Å². The molecule has 9 nitrogen and oxygen atoms in total. The molecule has 0 saturated carbocycles. The molecular formula is C5H9N7O2. The molecule has 0 bridgehead atoms. The van der Waals surface area contributed by atoms with Crippen LogP contribution < -0.4 is 0 Å². The van der Waals surface area contributed by atoms with Gasteiger partial charge in [0, 0.05) is 21.2 Å². The van der Waals surface area contributed by atoms with Gasteiger partial charge in [-0.2, -0.15) is 0 Å². The minimum atomic E-state index is -1.47. The molecule has 0 aliphatic heterocycles. The molecule has 0 saturated heterocycles. The van der Waals surface area contributed by atoms with Crippen LogP contribution in [0.5, 0.6) is 0 Å². The second kappa shape index (κ2) is 5.63. The first-order chi connectivity index (χ1) is 6.63. The van der Waals surface area contributed by atoms with Crippen molar-refractivity contribution in [1.29, 1.82) is 0 Å². The lowest BCUT2D eigenvalue weighted by Crippen LogP contribution is -2.43. The van der Waals surface area contributed by atoms with E-state index in [9.17, 15) is 10.1 Å². The average molecular weight is 199 g/mol.